The standard InChI is InChI=1S/C34H37NO7/c1-24(27-16-18-28(19-17-27)41-20-10-4-9-13-25-11-5-2-6-12-25)30-22-35(32(33(38)39)29(30)21-31(36)37)34(40)42-23-26-14-7-3-8-15-26/h2-3,5-8,11-12,14-19,29-30,32H,1,4,9-10,13,20-23H2,(H,36,37)(H,38,39)/t29-,30+,32-/m0/s1. The first-order chi connectivity index (χ1) is 20.3. The largest absolute Gasteiger partial charge is 0.494 e. The van der Waals surface area contributed by atoms with Crippen LogP contribution in [0.15, 0.2) is 91.5 Å². The van der Waals surface area contributed by atoms with Crippen molar-refractivity contribution in [1.29, 1.82) is 0 Å². The van der Waals surface area contributed by atoms with Gasteiger partial charge in [0, 0.05) is 18.4 Å². The van der Waals surface area contributed by atoms with E-state index in [9.17, 15) is 24.6 Å². The third-order valence-electron chi connectivity index (χ3n) is 7.65. The zero-order valence-electron chi connectivity index (χ0n) is 23.6. The van der Waals surface area contributed by atoms with Crippen molar-refractivity contribution in [2.24, 2.45) is 11.8 Å². The molecule has 1 heterocycles. The average Bonchev–Trinajstić information content (AvgIpc) is 3.37. The van der Waals surface area contributed by atoms with Gasteiger partial charge in [-0.05, 0) is 60.1 Å². The highest BCUT2D eigenvalue weighted by Gasteiger charge is 2.50. The number of amides is 1. The number of unbranched alkanes of at least 4 members (excludes halogenated alkanes) is 2. The fraction of sp³-hybridized carbons (Fsp3) is 0.324. The van der Waals surface area contributed by atoms with Crippen LogP contribution in [-0.2, 0) is 27.4 Å². The summed E-state index contributed by atoms with van der Waals surface area (Å²) in [6, 6.07) is 25.4. The summed E-state index contributed by atoms with van der Waals surface area (Å²) in [5.41, 5.74) is 3.39. The summed E-state index contributed by atoms with van der Waals surface area (Å²) in [6.07, 6.45) is 2.92. The number of hydrogen-bond acceptors (Lipinski definition) is 5. The number of aliphatic carboxylic acids is 2. The van der Waals surface area contributed by atoms with Crippen molar-refractivity contribution in [2.45, 2.75) is 44.8 Å². The van der Waals surface area contributed by atoms with Crippen molar-refractivity contribution < 1.29 is 34.1 Å². The lowest BCUT2D eigenvalue weighted by Gasteiger charge is -2.24. The van der Waals surface area contributed by atoms with Crippen molar-refractivity contribution in [2.75, 3.05) is 13.2 Å². The fourth-order valence-corrected chi connectivity index (χ4v) is 5.46. The van der Waals surface area contributed by atoms with Crippen LogP contribution in [0, 0.1) is 11.8 Å². The number of aryl methyl sites for hydroxylation is 1. The minimum absolute atomic E-state index is 0.0113. The molecule has 3 aromatic rings. The normalized spacial score (nSPS) is 17.9. The molecular formula is C34H37NO7. The molecule has 0 saturated carbocycles. The molecule has 1 fully saturated rings. The third kappa shape index (κ3) is 8.22. The van der Waals surface area contributed by atoms with E-state index in [-0.39, 0.29) is 13.2 Å². The van der Waals surface area contributed by atoms with Crippen molar-refractivity contribution in [3.8, 4) is 5.75 Å². The number of hydrogen-bond donors (Lipinski definition) is 2. The second kappa shape index (κ2) is 14.9. The van der Waals surface area contributed by atoms with Gasteiger partial charge >= 0.3 is 18.0 Å². The topological polar surface area (TPSA) is 113 Å². The second-order valence-electron chi connectivity index (χ2n) is 10.5. The van der Waals surface area contributed by atoms with Crippen LogP contribution in [-0.4, -0.2) is 52.3 Å². The van der Waals surface area contributed by atoms with E-state index in [0.29, 0.717) is 17.9 Å². The number of carboxylic acid groups (broad SMARTS) is 2. The van der Waals surface area contributed by atoms with Gasteiger partial charge in [-0.3, -0.25) is 9.69 Å². The highest BCUT2D eigenvalue weighted by atomic mass is 16.6. The van der Waals surface area contributed by atoms with Gasteiger partial charge in [0.2, 0.25) is 0 Å². The highest BCUT2D eigenvalue weighted by molar-refractivity contribution is 5.84. The van der Waals surface area contributed by atoms with Gasteiger partial charge in [0.25, 0.3) is 0 Å². The van der Waals surface area contributed by atoms with Crippen LogP contribution < -0.4 is 4.74 Å². The van der Waals surface area contributed by atoms with E-state index in [1.807, 2.05) is 48.5 Å². The van der Waals surface area contributed by atoms with Crippen molar-refractivity contribution in [3.05, 3.63) is 108 Å². The first-order valence-electron chi connectivity index (χ1n) is 14.2. The van der Waals surface area contributed by atoms with Crippen molar-refractivity contribution in [3.63, 3.8) is 0 Å². The number of carboxylic acids is 2. The van der Waals surface area contributed by atoms with Crippen LogP contribution >= 0.6 is 0 Å². The Morgan fingerprint density at radius 3 is 2.10 bits per heavy atom. The smallest absolute Gasteiger partial charge is 0.410 e. The van der Waals surface area contributed by atoms with Gasteiger partial charge in [0.05, 0.1) is 13.0 Å². The van der Waals surface area contributed by atoms with Crippen molar-refractivity contribution in [1.82, 2.24) is 4.90 Å². The highest BCUT2D eigenvalue weighted by Crippen LogP contribution is 2.41. The molecule has 42 heavy (non-hydrogen) atoms. The molecule has 3 atom stereocenters. The van der Waals surface area contributed by atoms with Gasteiger partial charge < -0.3 is 19.7 Å². The Morgan fingerprint density at radius 2 is 1.48 bits per heavy atom. The molecule has 8 heteroatoms. The molecule has 0 radical (unpaired) electrons. The molecule has 4 rings (SSSR count). The lowest BCUT2D eigenvalue weighted by Crippen LogP contribution is -2.44. The van der Waals surface area contributed by atoms with Gasteiger partial charge in [0.1, 0.15) is 18.4 Å². The van der Waals surface area contributed by atoms with Crippen LogP contribution in [0.3, 0.4) is 0 Å². The Balaban J connectivity index is 1.35. The molecule has 0 aromatic heterocycles. The quantitative estimate of drug-likeness (QED) is 0.218. The van der Waals surface area contributed by atoms with Crippen LogP contribution in [0.4, 0.5) is 4.79 Å². The van der Waals surface area contributed by atoms with E-state index in [0.717, 1.165) is 41.7 Å². The Bertz CT molecular complexity index is 1340. The van der Waals surface area contributed by atoms with Crippen LogP contribution in [0.25, 0.3) is 5.57 Å². The predicted molar refractivity (Wildman–Crippen MR) is 159 cm³/mol. The van der Waals surface area contributed by atoms with Crippen LogP contribution in [0.5, 0.6) is 5.75 Å². The molecular weight excluding hydrogens is 534 g/mol. The number of nitrogens with zero attached hydrogens (tertiary/aromatic N) is 1. The fourth-order valence-electron chi connectivity index (χ4n) is 5.46. The lowest BCUT2D eigenvalue weighted by atomic mass is 9.81. The maximum atomic E-state index is 13.0. The Morgan fingerprint density at radius 1 is 0.833 bits per heavy atom. The van der Waals surface area contributed by atoms with E-state index in [2.05, 4.69) is 30.8 Å². The summed E-state index contributed by atoms with van der Waals surface area (Å²) >= 11 is 0. The number of benzene rings is 3. The molecule has 220 valence electrons. The van der Waals surface area contributed by atoms with Gasteiger partial charge in [-0.2, -0.15) is 0 Å². The Hall–Kier alpha value is -4.59. The van der Waals surface area contributed by atoms with Gasteiger partial charge in [-0.25, -0.2) is 9.59 Å². The van der Waals surface area contributed by atoms with E-state index in [1.165, 1.54) is 5.56 Å². The molecule has 3 aromatic carbocycles. The molecule has 1 amide bonds. The predicted octanol–water partition coefficient (Wildman–Crippen LogP) is 6.30. The minimum atomic E-state index is -1.35. The first-order valence-corrected chi connectivity index (χ1v) is 14.2. The Kier molecular flexibility index (Phi) is 10.8. The molecule has 1 aliphatic rings. The molecule has 0 unspecified atom stereocenters. The minimum Gasteiger partial charge on any atom is -0.494 e. The number of ether oxygens (including phenoxy) is 2. The monoisotopic (exact) mass is 571 g/mol. The van der Waals surface area contributed by atoms with Gasteiger partial charge in [-0.15, -0.1) is 0 Å². The van der Waals surface area contributed by atoms with E-state index in [4.69, 9.17) is 9.47 Å². The molecule has 0 aliphatic carbocycles. The maximum absolute atomic E-state index is 13.0. The molecule has 0 bridgehead atoms. The molecule has 0 spiro atoms. The number of carbonyl (C=O) groups excluding carboxylic acids is 1. The maximum Gasteiger partial charge on any atom is 0.410 e. The summed E-state index contributed by atoms with van der Waals surface area (Å²) in [5.74, 6) is -3.17. The zero-order chi connectivity index (χ0) is 29.9. The lowest BCUT2D eigenvalue weighted by molar-refractivity contribution is -0.144. The zero-order valence-corrected chi connectivity index (χ0v) is 23.6. The third-order valence-corrected chi connectivity index (χ3v) is 7.65. The Labute approximate surface area is 246 Å². The number of carbonyl (C=O) groups is 3. The van der Waals surface area contributed by atoms with E-state index < -0.39 is 42.3 Å². The SMILES string of the molecule is C=C(c1ccc(OCCCCCc2ccccc2)cc1)[C@H]1CN(C(=O)OCc2ccccc2)[C@H](C(=O)O)[C@H]1CC(=O)O. The second-order valence-corrected chi connectivity index (χ2v) is 10.5. The summed E-state index contributed by atoms with van der Waals surface area (Å²) in [6.45, 7) is 4.75. The molecule has 2 N–H and O–H groups in total. The van der Waals surface area contributed by atoms with Crippen LogP contribution in [0.2, 0.25) is 0 Å². The first kappa shape index (κ1) is 30.4. The average molecular weight is 572 g/mol. The summed E-state index contributed by atoms with van der Waals surface area (Å²) in [7, 11) is 0. The van der Waals surface area contributed by atoms with Crippen molar-refractivity contribution >= 4 is 23.6 Å². The van der Waals surface area contributed by atoms with Gasteiger partial charge in [0.15, 0.2) is 0 Å². The number of rotatable bonds is 14. The van der Waals surface area contributed by atoms with Gasteiger partial charge in [-0.1, -0.05) is 79.4 Å². The molecule has 1 saturated heterocycles. The van der Waals surface area contributed by atoms with E-state index >= 15 is 0 Å². The number of likely N-dealkylation sites (tertiary alicyclic amines) is 1. The summed E-state index contributed by atoms with van der Waals surface area (Å²) in [5, 5.41) is 19.6. The summed E-state index contributed by atoms with van der Waals surface area (Å²) in [4.78, 5) is 38.1. The molecule has 8 nitrogen and oxygen atoms in total. The van der Waals surface area contributed by atoms with Crippen LogP contribution in [0.1, 0.15) is 42.4 Å². The van der Waals surface area contributed by atoms with E-state index in [1.54, 1.807) is 12.1 Å². The summed E-state index contributed by atoms with van der Waals surface area (Å²) < 4.78 is 11.3. The molecule has 1 aliphatic heterocycles.